The van der Waals surface area contributed by atoms with Crippen molar-refractivity contribution < 1.29 is 53.9 Å². The maximum absolute atomic E-state index is 12.6. The van der Waals surface area contributed by atoms with Crippen LogP contribution in [0.1, 0.15) is 30.0 Å². The summed E-state index contributed by atoms with van der Waals surface area (Å²) in [5, 5.41) is 51.1. The summed E-state index contributed by atoms with van der Waals surface area (Å²) in [6.07, 6.45) is 0.616. The molecule has 6 N–H and O–H groups in total. The molecule has 0 saturated heterocycles. The molecule has 340 valence electrons. The Labute approximate surface area is 378 Å². The van der Waals surface area contributed by atoms with Gasteiger partial charge in [-0.25, -0.2) is 0 Å². The summed E-state index contributed by atoms with van der Waals surface area (Å²) in [5.41, 5.74) is 3.54. The molecule has 0 amide bonds. The maximum Gasteiger partial charge on any atom is 0.296 e. The third-order valence-electron chi connectivity index (χ3n) is 9.98. The van der Waals surface area contributed by atoms with Gasteiger partial charge in [0, 0.05) is 28.9 Å². The Morgan fingerprint density at radius 2 is 1.09 bits per heavy atom. The molecule has 0 saturated carbocycles. The van der Waals surface area contributed by atoms with E-state index < -0.39 is 62.2 Å². The molecular formula is C44H39N7O12S3. The van der Waals surface area contributed by atoms with E-state index in [4.69, 9.17) is 4.74 Å². The van der Waals surface area contributed by atoms with Crippen molar-refractivity contribution in [1.29, 1.82) is 0 Å². The van der Waals surface area contributed by atoms with E-state index in [1.165, 1.54) is 12.1 Å². The van der Waals surface area contributed by atoms with E-state index in [1.54, 1.807) is 57.2 Å². The second kappa shape index (κ2) is 18.3. The Kier molecular flexibility index (Phi) is 13.0. The van der Waals surface area contributed by atoms with E-state index in [1.807, 2.05) is 37.3 Å². The van der Waals surface area contributed by atoms with Gasteiger partial charge in [-0.15, -0.1) is 15.3 Å². The first-order chi connectivity index (χ1) is 31.1. The molecule has 0 spiro atoms. The standard InChI is InChI=1S/C44H39N7O12S3/c1-5-13-63-40-23-36(47-50-38-21-31(64(54,55)56)18-28-19-32(65(57,58)59)22-39(52)42(28)38)26(4)16-37(40)49-46-34-14-25(3)35(15-24(34)2)48-51-43-41(66(60,61)62)20-27-17-30(11-12-33(27)44(43)53)45-29-9-7-6-8-10-29/h6-12,14-23,45,52-53H,5,13H2,1-4H3,(H,54,55,56)(H,57,58,59)(H,60,61,62). The lowest BCUT2D eigenvalue weighted by atomic mass is 10.1. The second-order valence-corrected chi connectivity index (χ2v) is 19.1. The molecule has 0 radical (unpaired) electrons. The zero-order valence-electron chi connectivity index (χ0n) is 35.2. The quantitative estimate of drug-likeness (QED) is 0.0437. The van der Waals surface area contributed by atoms with Gasteiger partial charge in [0.25, 0.3) is 30.4 Å². The number of hydrogen-bond donors (Lipinski definition) is 6. The summed E-state index contributed by atoms with van der Waals surface area (Å²) in [6, 6.07) is 25.3. The second-order valence-electron chi connectivity index (χ2n) is 14.9. The minimum atomic E-state index is -4.88. The number of azo groups is 3. The van der Waals surface area contributed by atoms with Crippen LogP contribution in [0, 0.1) is 20.8 Å². The van der Waals surface area contributed by atoms with E-state index in [0.29, 0.717) is 51.2 Å². The van der Waals surface area contributed by atoms with Gasteiger partial charge in [0.1, 0.15) is 27.8 Å². The smallest absolute Gasteiger partial charge is 0.296 e. The Balaban J connectivity index is 1.19. The number of nitrogens with zero attached hydrogens (tertiary/aromatic N) is 6. The number of phenols is 2. The van der Waals surface area contributed by atoms with Crippen LogP contribution in [0.4, 0.5) is 45.5 Å². The van der Waals surface area contributed by atoms with Crippen LogP contribution in [0.15, 0.2) is 149 Å². The molecule has 0 aliphatic heterocycles. The Hall–Kier alpha value is -7.21. The van der Waals surface area contributed by atoms with E-state index in [0.717, 1.165) is 30.0 Å². The Morgan fingerprint density at radius 3 is 1.68 bits per heavy atom. The number of nitrogens with one attached hydrogen (secondary N) is 1. The van der Waals surface area contributed by atoms with Gasteiger partial charge in [-0.1, -0.05) is 25.1 Å². The highest BCUT2D eigenvalue weighted by atomic mass is 32.2. The molecule has 0 atom stereocenters. The molecular weight excluding hydrogens is 915 g/mol. The molecule has 19 nitrogen and oxygen atoms in total. The lowest BCUT2D eigenvalue weighted by molar-refractivity contribution is 0.318. The number of fused-ring (bicyclic) bond motifs is 2. The maximum atomic E-state index is 12.6. The normalized spacial score (nSPS) is 12.6. The fourth-order valence-corrected chi connectivity index (χ4v) is 8.43. The fourth-order valence-electron chi connectivity index (χ4n) is 6.70. The van der Waals surface area contributed by atoms with Crippen molar-refractivity contribution in [3.05, 3.63) is 120 Å². The number of para-hydroxylation sites is 1. The highest BCUT2D eigenvalue weighted by Crippen LogP contribution is 2.44. The van der Waals surface area contributed by atoms with Crippen molar-refractivity contribution in [2.75, 3.05) is 11.9 Å². The Bertz CT molecular complexity index is 3530. The topological polar surface area (TPSA) is 299 Å². The van der Waals surface area contributed by atoms with Crippen LogP contribution in [0.2, 0.25) is 0 Å². The number of ether oxygens (including phenoxy) is 1. The fraction of sp³-hybridized carbons (Fsp3) is 0.136. The Morgan fingerprint density at radius 1 is 0.545 bits per heavy atom. The lowest BCUT2D eigenvalue weighted by Gasteiger charge is -2.12. The summed E-state index contributed by atoms with van der Waals surface area (Å²) < 4.78 is 108. The summed E-state index contributed by atoms with van der Waals surface area (Å²) in [6.45, 7) is 7.27. The number of rotatable bonds is 14. The van der Waals surface area contributed by atoms with Crippen LogP contribution in [-0.4, -0.2) is 55.7 Å². The van der Waals surface area contributed by atoms with E-state index in [9.17, 15) is 49.1 Å². The minimum Gasteiger partial charge on any atom is -0.507 e. The van der Waals surface area contributed by atoms with Crippen LogP contribution < -0.4 is 10.1 Å². The number of hydrogen-bond acceptors (Lipinski definition) is 16. The van der Waals surface area contributed by atoms with Crippen molar-refractivity contribution in [3.63, 3.8) is 0 Å². The van der Waals surface area contributed by atoms with Crippen molar-refractivity contribution in [2.45, 2.75) is 48.8 Å². The largest absolute Gasteiger partial charge is 0.507 e. The van der Waals surface area contributed by atoms with Crippen molar-refractivity contribution in [3.8, 4) is 17.2 Å². The summed E-state index contributed by atoms with van der Waals surface area (Å²) in [4.78, 5) is -2.05. The average Bonchev–Trinajstić information content (AvgIpc) is 3.24. The lowest BCUT2D eigenvalue weighted by Crippen LogP contribution is -2.00. The number of aryl methyl sites for hydroxylation is 3. The van der Waals surface area contributed by atoms with Gasteiger partial charge in [-0.2, -0.15) is 40.6 Å². The molecule has 7 aromatic carbocycles. The van der Waals surface area contributed by atoms with Crippen molar-refractivity contribution in [2.24, 2.45) is 30.7 Å². The van der Waals surface area contributed by atoms with Gasteiger partial charge in [0.15, 0.2) is 5.75 Å². The molecule has 0 fully saturated rings. The first kappa shape index (κ1) is 46.8. The number of aromatic hydroxyl groups is 2. The summed E-state index contributed by atoms with van der Waals surface area (Å²) >= 11 is 0. The monoisotopic (exact) mass is 953 g/mol. The van der Waals surface area contributed by atoms with Gasteiger partial charge in [-0.05, 0) is 127 Å². The molecule has 66 heavy (non-hydrogen) atoms. The molecule has 0 aliphatic carbocycles. The SMILES string of the molecule is CCCOc1cc(N=Nc2cc(S(=O)(=O)O)cc3cc(S(=O)(=O)O)cc(O)c23)c(C)cc1N=Nc1cc(C)c(N=Nc2c(S(=O)(=O)O)cc3cc(Nc4ccccc4)ccc3c2O)cc1C. The van der Waals surface area contributed by atoms with Gasteiger partial charge >= 0.3 is 0 Å². The first-order valence-corrected chi connectivity index (χ1v) is 23.9. The molecule has 0 unspecified atom stereocenters. The average molecular weight is 954 g/mol. The number of benzene rings is 7. The molecule has 7 rings (SSSR count). The minimum absolute atomic E-state index is 0.122. The molecule has 0 bridgehead atoms. The van der Waals surface area contributed by atoms with Gasteiger partial charge in [0.2, 0.25) is 0 Å². The molecule has 0 aliphatic rings. The molecule has 7 aromatic rings. The van der Waals surface area contributed by atoms with Crippen LogP contribution in [0.3, 0.4) is 0 Å². The summed E-state index contributed by atoms with van der Waals surface area (Å²) in [5.74, 6) is -0.931. The zero-order chi connectivity index (χ0) is 47.7. The van der Waals surface area contributed by atoms with Crippen LogP contribution in [0.5, 0.6) is 17.2 Å². The number of phenolic OH excluding ortho intramolecular Hbond substituents is 2. The predicted molar refractivity (Wildman–Crippen MR) is 246 cm³/mol. The van der Waals surface area contributed by atoms with Gasteiger partial charge in [-0.3, -0.25) is 13.7 Å². The predicted octanol–water partition coefficient (Wildman–Crippen LogP) is 11.8. The highest BCUT2D eigenvalue weighted by Gasteiger charge is 2.23. The van der Waals surface area contributed by atoms with Crippen LogP contribution in [0.25, 0.3) is 21.5 Å². The van der Waals surface area contributed by atoms with Gasteiger partial charge < -0.3 is 20.3 Å². The summed E-state index contributed by atoms with van der Waals surface area (Å²) in [7, 11) is -14.5. The number of anilines is 2. The van der Waals surface area contributed by atoms with Crippen LogP contribution in [-0.2, 0) is 30.4 Å². The third-order valence-corrected chi connectivity index (χ3v) is 12.5. The molecule has 0 heterocycles. The van der Waals surface area contributed by atoms with E-state index in [-0.39, 0.29) is 39.9 Å². The highest BCUT2D eigenvalue weighted by molar-refractivity contribution is 7.86. The van der Waals surface area contributed by atoms with Crippen LogP contribution >= 0.6 is 0 Å². The molecule has 0 aromatic heterocycles. The van der Waals surface area contributed by atoms with Gasteiger partial charge in [0.05, 0.1) is 44.5 Å². The molecule has 22 heteroatoms. The van der Waals surface area contributed by atoms with E-state index in [2.05, 4.69) is 36.0 Å². The van der Waals surface area contributed by atoms with Crippen molar-refractivity contribution >= 4 is 97.4 Å². The van der Waals surface area contributed by atoms with Crippen molar-refractivity contribution in [1.82, 2.24) is 0 Å². The zero-order valence-corrected chi connectivity index (χ0v) is 37.7. The third kappa shape index (κ3) is 10.3. The first-order valence-electron chi connectivity index (χ1n) is 19.6. The van der Waals surface area contributed by atoms with E-state index >= 15 is 0 Å².